The fraction of sp³-hybridized carbons (Fsp3) is 0.692. The Kier molecular flexibility index (Phi) is 2.33. The standard InChI is InChI=1S/C13H20N2O/c1-13(2)11(10-4-6-16-12(10)13)15-8-9-3-5-14-7-9/h3,5,7,10-12,14-15H,4,6,8H2,1-2H3. The average Bonchev–Trinajstić information content (AvgIpc) is 2.86. The van der Waals surface area contributed by atoms with E-state index in [0.29, 0.717) is 12.1 Å². The van der Waals surface area contributed by atoms with Crippen LogP contribution in [0.2, 0.25) is 0 Å². The summed E-state index contributed by atoms with van der Waals surface area (Å²) in [6, 6.07) is 2.73. The second-order valence-corrected chi connectivity index (χ2v) is 5.64. The normalized spacial score (nSPS) is 35.8. The molecule has 16 heavy (non-hydrogen) atoms. The summed E-state index contributed by atoms with van der Waals surface area (Å²) in [5.41, 5.74) is 1.62. The van der Waals surface area contributed by atoms with Crippen LogP contribution in [0.1, 0.15) is 25.8 Å². The van der Waals surface area contributed by atoms with Gasteiger partial charge in [0.15, 0.2) is 0 Å². The summed E-state index contributed by atoms with van der Waals surface area (Å²) < 4.78 is 5.79. The van der Waals surface area contributed by atoms with Crippen molar-refractivity contribution < 1.29 is 4.74 Å². The summed E-state index contributed by atoms with van der Waals surface area (Å²) >= 11 is 0. The molecule has 0 amide bonds. The molecule has 1 saturated heterocycles. The first-order valence-corrected chi connectivity index (χ1v) is 6.16. The van der Waals surface area contributed by atoms with Crippen molar-refractivity contribution in [2.45, 2.75) is 39.0 Å². The fourth-order valence-corrected chi connectivity index (χ4v) is 3.43. The molecule has 2 N–H and O–H groups in total. The second kappa shape index (κ2) is 3.60. The molecule has 2 fully saturated rings. The van der Waals surface area contributed by atoms with Crippen LogP contribution in [0.25, 0.3) is 0 Å². The highest BCUT2D eigenvalue weighted by Crippen LogP contribution is 2.52. The molecular weight excluding hydrogens is 200 g/mol. The Balaban J connectivity index is 1.63. The monoisotopic (exact) mass is 220 g/mol. The molecule has 1 aliphatic carbocycles. The topological polar surface area (TPSA) is 37.0 Å². The van der Waals surface area contributed by atoms with Gasteiger partial charge in [0.1, 0.15) is 0 Å². The summed E-state index contributed by atoms with van der Waals surface area (Å²) in [6.45, 7) is 6.53. The lowest BCUT2D eigenvalue weighted by Gasteiger charge is -2.55. The largest absolute Gasteiger partial charge is 0.377 e. The van der Waals surface area contributed by atoms with Crippen molar-refractivity contribution in [1.82, 2.24) is 10.3 Å². The van der Waals surface area contributed by atoms with E-state index in [-0.39, 0.29) is 5.41 Å². The first-order valence-electron chi connectivity index (χ1n) is 6.16. The van der Waals surface area contributed by atoms with E-state index < -0.39 is 0 Å². The van der Waals surface area contributed by atoms with Gasteiger partial charge in [0, 0.05) is 42.9 Å². The minimum absolute atomic E-state index is 0.289. The minimum atomic E-state index is 0.289. The van der Waals surface area contributed by atoms with Crippen LogP contribution in [0.15, 0.2) is 18.5 Å². The third-order valence-corrected chi connectivity index (χ3v) is 4.29. The first-order chi connectivity index (χ1) is 7.69. The molecule has 0 bridgehead atoms. The molecule has 3 heteroatoms. The Hall–Kier alpha value is -0.800. The molecule has 0 spiro atoms. The van der Waals surface area contributed by atoms with E-state index in [1.54, 1.807) is 0 Å². The average molecular weight is 220 g/mol. The number of hydrogen-bond acceptors (Lipinski definition) is 2. The predicted molar refractivity (Wildman–Crippen MR) is 63.0 cm³/mol. The number of hydrogen-bond donors (Lipinski definition) is 2. The van der Waals surface area contributed by atoms with Crippen LogP contribution in [0.5, 0.6) is 0 Å². The second-order valence-electron chi connectivity index (χ2n) is 5.64. The smallest absolute Gasteiger partial charge is 0.0685 e. The zero-order chi connectivity index (χ0) is 11.2. The van der Waals surface area contributed by atoms with E-state index in [1.165, 1.54) is 12.0 Å². The van der Waals surface area contributed by atoms with Gasteiger partial charge in [-0.25, -0.2) is 0 Å². The van der Waals surface area contributed by atoms with Gasteiger partial charge in [-0.15, -0.1) is 0 Å². The van der Waals surface area contributed by atoms with Crippen molar-refractivity contribution in [3.63, 3.8) is 0 Å². The van der Waals surface area contributed by atoms with Crippen molar-refractivity contribution >= 4 is 0 Å². The number of fused-ring (bicyclic) bond motifs is 1. The summed E-state index contributed by atoms with van der Waals surface area (Å²) in [4.78, 5) is 3.09. The Labute approximate surface area is 96.6 Å². The predicted octanol–water partition coefficient (Wildman–Crippen LogP) is 1.92. The molecule has 1 aliphatic heterocycles. The van der Waals surface area contributed by atoms with Gasteiger partial charge in [-0.3, -0.25) is 0 Å². The van der Waals surface area contributed by atoms with Crippen LogP contribution in [0.4, 0.5) is 0 Å². The lowest BCUT2D eigenvalue weighted by atomic mass is 9.57. The zero-order valence-electron chi connectivity index (χ0n) is 9.99. The van der Waals surface area contributed by atoms with Crippen molar-refractivity contribution in [3.05, 3.63) is 24.0 Å². The molecule has 1 aromatic heterocycles. The molecule has 2 heterocycles. The molecule has 1 aromatic rings. The number of ether oxygens (including phenoxy) is 1. The van der Waals surface area contributed by atoms with Crippen LogP contribution in [0.3, 0.4) is 0 Å². The number of nitrogens with one attached hydrogen (secondary N) is 2. The van der Waals surface area contributed by atoms with Gasteiger partial charge in [0.2, 0.25) is 0 Å². The molecule has 0 aromatic carbocycles. The molecule has 88 valence electrons. The van der Waals surface area contributed by atoms with Crippen LogP contribution in [-0.4, -0.2) is 23.7 Å². The van der Waals surface area contributed by atoms with Gasteiger partial charge in [-0.05, 0) is 18.1 Å². The lowest BCUT2D eigenvalue weighted by Crippen LogP contribution is -2.65. The fourth-order valence-electron chi connectivity index (χ4n) is 3.43. The maximum absolute atomic E-state index is 5.79. The van der Waals surface area contributed by atoms with Crippen LogP contribution < -0.4 is 5.32 Å². The Morgan fingerprint density at radius 3 is 3.19 bits per heavy atom. The van der Waals surface area contributed by atoms with Gasteiger partial charge >= 0.3 is 0 Å². The summed E-state index contributed by atoms with van der Waals surface area (Å²) in [7, 11) is 0. The maximum Gasteiger partial charge on any atom is 0.0685 e. The van der Waals surface area contributed by atoms with E-state index >= 15 is 0 Å². The third kappa shape index (κ3) is 1.42. The quantitative estimate of drug-likeness (QED) is 0.816. The highest BCUT2D eigenvalue weighted by atomic mass is 16.5. The van der Waals surface area contributed by atoms with Crippen molar-refractivity contribution in [2.75, 3.05) is 6.61 Å². The summed E-state index contributed by atoms with van der Waals surface area (Å²) in [6.07, 6.45) is 5.74. The molecule has 3 rings (SSSR count). The molecule has 3 atom stereocenters. The highest BCUT2D eigenvalue weighted by molar-refractivity contribution is 5.13. The van der Waals surface area contributed by atoms with Crippen molar-refractivity contribution in [3.8, 4) is 0 Å². The van der Waals surface area contributed by atoms with E-state index in [1.807, 2.05) is 6.20 Å². The minimum Gasteiger partial charge on any atom is -0.377 e. The lowest BCUT2D eigenvalue weighted by molar-refractivity contribution is -0.113. The molecule has 1 saturated carbocycles. The third-order valence-electron chi connectivity index (χ3n) is 4.29. The zero-order valence-corrected chi connectivity index (χ0v) is 9.99. The van der Waals surface area contributed by atoms with E-state index in [2.05, 4.69) is 36.4 Å². The SMILES string of the molecule is CC1(C)C(NCc2cc[nH]c2)C2CCOC21. The van der Waals surface area contributed by atoms with Gasteiger partial charge in [-0.1, -0.05) is 13.8 Å². The van der Waals surface area contributed by atoms with Crippen LogP contribution in [-0.2, 0) is 11.3 Å². The van der Waals surface area contributed by atoms with Crippen LogP contribution >= 0.6 is 0 Å². The molecule has 3 nitrogen and oxygen atoms in total. The Morgan fingerprint density at radius 2 is 2.44 bits per heavy atom. The van der Waals surface area contributed by atoms with Gasteiger partial charge < -0.3 is 15.0 Å². The van der Waals surface area contributed by atoms with Crippen LogP contribution in [0, 0.1) is 11.3 Å². The number of aromatic amines is 1. The number of H-pyrrole nitrogens is 1. The highest BCUT2D eigenvalue weighted by Gasteiger charge is 2.58. The molecule has 3 unspecified atom stereocenters. The van der Waals surface area contributed by atoms with Crippen molar-refractivity contribution in [2.24, 2.45) is 11.3 Å². The first kappa shape index (κ1) is 10.4. The molecule has 0 radical (unpaired) electrons. The Morgan fingerprint density at radius 1 is 1.56 bits per heavy atom. The molecule has 2 aliphatic rings. The molecular formula is C13H20N2O. The van der Waals surface area contributed by atoms with Gasteiger partial charge in [-0.2, -0.15) is 0 Å². The van der Waals surface area contributed by atoms with Gasteiger partial charge in [0.05, 0.1) is 6.10 Å². The summed E-state index contributed by atoms with van der Waals surface area (Å²) in [5.74, 6) is 0.731. The number of rotatable bonds is 3. The maximum atomic E-state index is 5.79. The summed E-state index contributed by atoms with van der Waals surface area (Å²) in [5, 5.41) is 3.68. The Bertz CT molecular complexity index is 358. The van der Waals surface area contributed by atoms with E-state index in [9.17, 15) is 0 Å². The van der Waals surface area contributed by atoms with E-state index in [4.69, 9.17) is 4.74 Å². The van der Waals surface area contributed by atoms with Gasteiger partial charge in [0.25, 0.3) is 0 Å². The number of aromatic nitrogens is 1. The van der Waals surface area contributed by atoms with Crippen molar-refractivity contribution in [1.29, 1.82) is 0 Å². The van der Waals surface area contributed by atoms with E-state index in [0.717, 1.165) is 19.1 Å².